The first-order valence-corrected chi connectivity index (χ1v) is 6.77. The molecule has 0 radical (unpaired) electrons. The minimum absolute atomic E-state index is 0.312. The van der Waals surface area contributed by atoms with Gasteiger partial charge in [0.25, 0.3) is 0 Å². The number of nitrogens with two attached hydrogens (primary N) is 1. The summed E-state index contributed by atoms with van der Waals surface area (Å²) in [5.41, 5.74) is 5.08. The number of thiophene rings is 1. The van der Waals surface area contributed by atoms with Crippen LogP contribution in [0.25, 0.3) is 0 Å². The molecule has 2 rings (SSSR count). The van der Waals surface area contributed by atoms with Gasteiger partial charge in [-0.3, -0.25) is 5.84 Å². The van der Waals surface area contributed by atoms with Gasteiger partial charge in [0, 0.05) is 5.56 Å². The summed E-state index contributed by atoms with van der Waals surface area (Å²) in [6.07, 6.45) is 0. The van der Waals surface area contributed by atoms with Crippen molar-refractivity contribution in [2.75, 3.05) is 0 Å². The maximum absolute atomic E-state index is 13.3. The SMILES string of the molecule is Cc1ccc(F)cc1C(NN)c1cc(Cl)sc1Cl. The standard InChI is InChI=1S/C12H11Cl2FN2S/c1-6-2-3-7(15)4-8(6)11(17-16)9-5-10(13)18-12(9)14/h2-5,11,17H,16H2,1H3. The summed E-state index contributed by atoms with van der Waals surface area (Å²) >= 11 is 13.3. The molecule has 1 aromatic heterocycles. The third-order valence-electron chi connectivity index (χ3n) is 2.71. The number of halogens is 3. The Bertz CT molecular complexity index is 571. The minimum Gasteiger partial charge on any atom is -0.271 e. The lowest BCUT2D eigenvalue weighted by Gasteiger charge is -2.18. The van der Waals surface area contributed by atoms with Gasteiger partial charge in [-0.05, 0) is 36.2 Å². The largest absolute Gasteiger partial charge is 0.271 e. The lowest BCUT2D eigenvalue weighted by Crippen LogP contribution is -2.29. The van der Waals surface area contributed by atoms with E-state index in [1.165, 1.54) is 23.5 Å². The molecule has 1 unspecified atom stereocenters. The third-order valence-corrected chi connectivity index (χ3v) is 4.23. The van der Waals surface area contributed by atoms with E-state index in [4.69, 9.17) is 29.0 Å². The van der Waals surface area contributed by atoms with E-state index in [2.05, 4.69) is 5.43 Å². The van der Waals surface area contributed by atoms with Crippen molar-refractivity contribution < 1.29 is 4.39 Å². The van der Waals surface area contributed by atoms with Gasteiger partial charge in [-0.1, -0.05) is 29.3 Å². The van der Waals surface area contributed by atoms with E-state index in [-0.39, 0.29) is 11.9 Å². The molecule has 0 saturated heterocycles. The van der Waals surface area contributed by atoms with E-state index in [9.17, 15) is 4.39 Å². The Labute approximate surface area is 118 Å². The van der Waals surface area contributed by atoms with E-state index in [0.29, 0.717) is 8.67 Å². The molecule has 0 aliphatic heterocycles. The molecule has 0 aliphatic carbocycles. The molecular weight excluding hydrogens is 294 g/mol. The molecule has 2 nitrogen and oxygen atoms in total. The van der Waals surface area contributed by atoms with Crippen LogP contribution in [0, 0.1) is 12.7 Å². The summed E-state index contributed by atoms with van der Waals surface area (Å²) in [5, 5.41) is 0. The average Bonchev–Trinajstić information content (AvgIpc) is 2.64. The molecule has 2 aromatic rings. The maximum atomic E-state index is 13.3. The van der Waals surface area contributed by atoms with Crippen LogP contribution >= 0.6 is 34.5 Å². The van der Waals surface area contributed by atoms with Gasteiger partial charge in [-0.25, -0.2) is 9.82 Å². The smallest absolute Gasteiger partial charge is 0.123 e. The molecule has 1 heterocycles. The Hall–Kier alpha value is -0.650. The Morgan fingerprint density at radius 3 is 2.56 bits per heavy atom. The molecule has 0 bridgehead atoms. The molecule has 3 N–H and O–H groups in total. The number of hydrogen-bond acceptors (Lipinski definition) is 3. The van der Waals surface area contributed by atoms with Crippen molar-refractivity contribution >= 4 is 34.5 Å². The lowest BCUT2D eigenvalue weighted by molar-refractivity contribution is 0.603. The minimum atomic E-state index is -0.378. The normalized spacial score (nSPS) is 12.7. The molecule has 96 valence electrons. The van der Waals surface area contributed by atoms with E-state index in [1.54, 1.807) is 12.1 Å². The van der Waals surface area contributed by atoms with Crippen LogP contribution < -0.4 is 11.3 Å². The predicted molar refractivity (Wildman–Crippen MR) is 74.6 cm³/mol. The van der Waals surface area contributed by atoms with Crippen LogP contribution in [-0.2, 0) is 0 Å². The summed E-state index contributed by atoms with van der Waals surface area (Å²) in [4.78, 5) is 0. The Kier molecular flexibility index (Phi) is 4.25. The number of hydrogen-bond donors (Lipinski definition) is 2. The van der Waals surface area contributed by atoms with Crippen molar-refractivity contribution in [2.45, 2.75) is 13.0 Å². The van der Waals surface area contributed by atoms with Crippen LogP contribution in [0.1, 0.15) is 22.7 Å². The summed E-state index contributed by atoms with van der Waals surface area (Å²) in [5.74, 6) is 5.25. The van der Waals surface area contributed by atoms with E-state index in [1.807, 2.05) is 6.92 Å². The van der Waals surface area contributed by atoms with Crippen molar-refractivity contribution in [1.82, 2.24) is 5.43 Å². The molecule has 0 spiro atoms. The molecule has 0 saturated carbocycles. The van der Waals surface area contributed by atoms with E-state index < -0.39 is 0 Å². The van der Waals surface area contributed by atoms with Gasteiger partial charge in [-0.2, -0.15) is 0 Å². The highest BCUT2D eigenvalue weighted by molar-refractivity contribution is 7.20. The highest BCUT2D eigenvalue weighted by atomic mass is 35.5. The van der Waals surface area contributed by atoms with Gasteiger partial charge in [0.1, 0.15) is 5.82 Å². The summed E-state index contributed by atoms with van der Waals surface area (Å²) in [6, 6.07) is 5.92. The van der Waals surface area contributed by atoms with Gasteiger partial charge < -0.3 is 0 Å². The molecule has 1 aromatic carbocycles. The van der Waals surface area contributed by atoms with Crippen LogP contribution in [0.4, 0.5) is 4.39 Å². The van der Waals surface area contributed by atoms with Crippen LogP contribution in [-0.4, -0.2) is 0 Å². The Morgan fingerprint density at radius 2 is 2.00 bits per heavy atom. The number of nitrogens with one attached hydrogen (secondary N) is 1. The topological polar surface area (TPSA) is 38.0 Å². The average molecular weight is 305 g/mol. The van der Waals surface area contributed by atoms with Gasteiger partial charge >= 0.3 is 0 Å². The number of aryl methyl sites for hydroxylation is 1. The van der Waals surface area contributed by atoms with Crippen LogP contribution in [0.3, 0.4) is 0 Å². The highest BCUT2D eigenvalue weighted by Crippen LogP contribution is 2.37. The molecule has 1 atom stereocenters. The van der Waals surface area contributed by atoms with E-state index >= 15 is 0 Å². The van der Waals surface area contributed by atoms with Crippen molar-refractivity contribution in [1.29, 1.82) is 0 Å². The zero-order chi connectivity index (χ0) is 13.3. The first-order chi connectivity index (χ1) is 8.52. The Balaban J connectivity index is 2.51. The lowest BCUT2D eigenvalue weighted by atomic mass is 9.97. The molecular formula is C12H11Cl2FN2S. The second-order valence-corrected chi connectivity index (χ2v) is 6.17. The Morgan fingerprint density at radius 1 is 1.28 bits per heavy atom. The van der Waals surface area contributed by atoms with Crippen molar-refractivity contribution in [2.24, 2.45) is 5.84 Å². The summed E-state index contributed by atoms with van der Waals surface area (Å²) in [7, 11) is 0. The van der Waals surface area contributed by atoms with Gasteiger partial charge in [0.15, 0.2) is 0 Å². The van der Waals surface area contributed by atoms with Gasteiger partial charge in [0.2, 0.25) is 0 Å². The summed E-state index contributed by atoms with van der Waals surface area (Å²) in [6.45, 7) is 1.89. The maximum Gasteiger partial charge on any atom is 0.123 e. The quantitative estimate of drug-likeness (QED) is 0.663. The van der Waals surface area contributed by atoms with Gasteiger partial charge in [-0.15, -0.1) is 11.3 Å². The monoisotopic (exact) mass is 304 g/mol. The predicted octanol–water partition coefficient (Wildman–Crippen LogP) is 4.06. The molecule has 0 fully saturated rings. The zero-order valence-electron chi connectivity index (χ0n) is 9.51. The second kappa shape index (κ2) is 5.55. The highest BCUT2D eigenvalue weighted by Gasteiger charge is 2.20. The molecule has 0 amide bonds. The molecule has 18 heavy (non-hydrogen) atoms. The first kappa shape index (κ1) is 13.8. The van der Waals surface area contributed by atoms with Gasteiger partial charge in [0.05, 0.1) is 14.7 Å². The van der Waals surface area contributed by atoms with E-state index in [0.717, 1.165) is 16.7 Å². The number of rotatable bonds is 3. The zero-order valence-corrected chi connectivity index (χ0v) is 11.8. The fourth-order valence-corrected chi connectivity index (χ4v) is 3.35. The van der Waals surface area contributed by atoms with Crippen LogP contribution in [0.5, 0.6) is 0 Å². The fourth-order valence-electron chi connectivity index (χ4n) is 1.82. The van der Waals surface area contributed by atoms with Crippen LogP contribution in [0.2, 0.25) is 8.67 Å². The fraction of sp³-hybridized carbons (Fsp3) is 0.167. The molecule has 0 aliphatic rings. The number of hydrazine groups is 1. The van der Waals surface area contributed by atoms with Crippen molar-refractivity contribution in [3.05, 3.63) is 55.4 Å². The third kappa shape index (κ3) is 2.68. The van der Waals surface area contributed by atoms with Crippen molar-refractivity contribution in [3.8, 4) is 0 Å². The van der Waals surface area contributed by atoms with Crippen LogP contribution in [0.15, 0.2) is 24.3 Å². The van der Waals surface area contributed by atoms with Crippen molar-refractivity contribution in [3.63, 3.8) is 0 Å². The number of benzene rings is 1. The summed E-state index contributed by atoms with van der Waals surface area (Å²) < 4.78 is 14.5. The second-order valence-electron chi connectivity index (χ2n) is 3.88. The molecule has 6 heteroatoms. The first-order valence-electron chi connectivity index (χ1n) is 5.20.